The van der Waals surface area contributed by atoms with E-state index >= 15 is 0 Å². The summed E-state index contributed by atoms with van der Waals surface area (Å²) in [4.78, 5) is 0. The molecule has 112 valence electrons. The topological polar surface area (TPSA) is 35.2 Å². The van der Waals surface area contributed by atoms with Crippen molar-refractivity contribution < 1.29 is 4.74 Å². The van der Waals surface area contributed by atoms with Crippen LogP contribution in [0.4, 0.5) is 0 Å². The summed E-state index contributed by atoms with van der Waals surface area (Å²) in [6, 6.07) is 12.7. The van der Waals surface area contributed by atoms with Gasteiger partial charge in [-0.2, -0.15) is 0 Å². The third-order valence-corrected chi connectivity index (χ3v) is 4.49. The highest BCUT2D eigenvalue weighted by atomic mass is 16.5. The quantitative estimate of drug-likeness (QED) is 0.808. The highest BCUT2D eigenvalue weighted by Gasteiger charge is 2.18. The predicted molar refractivity (Wildman–Crippen MR) is 88.7 cm³/mol. The second-order valence-corrected chi connectivity index (χ2v) is 6.23. The number of fused-ring (bicyclic) bond motifs is 1. The van der Waals surface area contributed by atoms with E-state index < -0.39 is 0 Å². The number of rotatable bonds is 3. The molecular formula is C19H25NO. The molecule has 2 aromatic rings. The normalized spacial score (nSPS) is 18.4. The molecule has 0 saturated heterocycles. The smallest absolute Gasteiger partial charge is 0.132 e. The maximum Gasteiger partial charge on any atom is 0.132 e. The van der Waals surface area contributed by atoms with E-state index in [1.807, 2.05) is 6.92 Å². The van der Waals surface area contributed by atoms with Gasteiger partial charge in [0, 0.05) is 17.0 Å². The molecule has 1 unspecified atom stereocenters. The van der Waals surface area contributed by atoms with Crippen LogP contribution < -0.4 is 10.5 Å². The zero-order valence-corrected chi connectivity index (χ0v) is 12.8. The number of benzene rings is 2. The van der Waals surface area contributed by atoms with Crippen molar-refractivity contribution in [3.05, 3.63) is 42.0 Å². The molecule has 1 aliphatic rings. The van der Waals surface area contributed by atoms with E-state index in [9.17, 15) is 0 Å². The average Bonchev–Trinajstić information content (AvgIpc) is 2.76. The Hall–Kier alpha value is -1.54. The molecule has 1 fully saturated rings. The van der Waals surface area contributed by atoms with E-state index in [1.165, 1.54) is 49.3 Å². The fourth-order valence-corrected chi connectivity index (χ4v) is 3.28. The van der Waals surface area contributed by atoms with E-state index in [4.69, 9.17) is 10.5 Å². The molecule has 0 bridgehead atoms. The number of hydrogen-bond donors (Lipinski definition) is 1. The molecule has 0 aromatic heterocycles. The molecule has 0 amide bonds. The van der Waals surface area contributed by atoms with Crippen molar-refractivity contribution in [2.75, 3.05) is 0 Å². The van der Waals surface area contributed by atoms with Crippen molar-refractivity contribution in [2.45, 2.75) is 57.6 Å². The first-order chi connectivity index (χ1) is 10.3. The van der Waals surface area contributed by atoms with Crippen LogP contribution in [0.1, 0.15) is 57.1 Å². The number of nitrogens with two attached hydrogens (primary N) is 1. The fourth-order valence-electron chi connectivity index (χ4n) is 3.28. The van der Waals surface area contributed by atoms with Crippen LogP contribution in [0.25, 0.3) is 10.8 Å². The van der Waals surface area contributed by atoms with Crippen LogP contribution in [0.2, 0.25) is 0 Å². The Bertz CT molecular complexity index is 598. The van der Waals surface area contributed by atoms with Gasteiger partial charge >= 0.3 is 0 Å². The summed E-state index contributed by atoms with van der Waals surface area (Å²) in [7, 11) is 0. The van der Waals surface area contributed by atoms with Gasteiger partial charge in [0.2, 0.25) is 0 Å². The number of hydrogen-bond acceptors (Lipinski definition) is 2. The van der Waals surface area contributed by atoms with Crippen molar-refractivity contribution in [1.82, 2.24) is 0 Å². The van der Waals surface area contributed by atoms with Crippen molar-refractivity contribution in [3.8, 4) is 5.75 Å². The van der Waals surface area contributed by atoms with Gasteiger partial charge in [0.05, 0.1) is 6.10 Å². The molecule has 21 heavy (non-hydrogen) atoms. The Morgan fingerprint density at radius 1 is 1.00 bits per heavy atom. The van der Waals surface area contributed by atoms with E-state index in [2.05, 4.69) is 36.4 Å². The van der Waals surface area contributed by atoms with Crippen LogP contribution in [-0.4, -0.2) is 6.10 Å². The Kier molecular flexibility index (Phi) is 4.45. The Balaban J connectivity index is 1.99. The van der Waals surface area contributed by atoms with Gasteiger partial charge in [-0.15, -0.1) is 0 Å². The maximum atomic E-state index is 6.46. The predicted octanol–water partition coefficient (Wildman–Crippen LogP) is 4.96. The first-order valence-corrected chi connectivity index (χ1v) is 8.19. The summed E-state index contributed by atoms with van der Waals surface area (Å²) in [5.74, 6) is 1.01. The summed E-state index contributed by atoms with van der Waals surface area (Å²) < 4.78 is 6.46. The van der Waals surface area contributed by atoms with Gasteiger partial charge in [-0.3, -0.25) is 0 Å². The third kappa shape index (κ3) is 3.21. The van der Waals surface area contributed by atoms with Gasteiger partial charge in [-0.1, -0.05) is 49.2 Å². The van der Waals surface area contributed by atoms with Gasteiger partial charge in [-0.05, 0) is 38.0 Å². The zero-order valence-electron chi connectivity index (χ0n) is 12.8. The lowest BCUT2D eigenvalue weighted by Gasteiger charge is -2.22. The van der Waals surface area contributed by atoms with Gasteiger partial charge < -0.3 is 10.5 Å². The monoisotopic (exact) mass is 283 g/mol. The van der Waals surface area contributed by atoms with Crippen molar-refractivity contribution >= 4 is 10.8 Å². The third-order valence-electron chi connectivity index (χ3n) is 4.49. The summed E-state index contributed by atoms with van der Waals surface area (Å²) >= 11 is 0. The molecule has 1 saturated carbocycles. The van der Waals surface area contributed by atoms with E-state index in [0.717, 1.165) is 11.3 Å². The molecule has 1 aliphatic carbocycles. The van der Waals surface area contributed by atoms with Crippen molar-refractivity contribution in [2.24, 2.45) is 5.73 Å². The van der Waals surface area contributed by atoms with Gasteiger partial charge in [0.15, 0.2) is 0 Å². The first-order valence-electron chi connectivity index (χ1n) is 8.19. The molecule has 2 nitrogen and oxygen atoms in total. The molecule has 3 rings (SSSR count). The fraction of sp³-hybridized carbons (Fsp3) is 0.474. The summed E-state index contributed by atoms with van der Waals surface area (Å²) in [5, 5.41) is 2.42. The Morgan fingerprint density at radius 3 is 2.43 bits per heavy atom. The van der Waals surface area contributed by atoms with Crippen molar-refractivity contribution in [1.29, 1.82) is 0 Å². The van der Waals surface area contributed by atoms with Gasteiger partial charge in [0.1, 0.15) is 5.75 Å². The summed E-state index contributed by atoms with van der Waals surface area (Å²) in [5.41, 5.74) is 7.28. The lowest BCUT2D eigenvalue weighted by atomic mass is 10.0. The van der Waals surface area contributed by atoms with Crippen molar-refractivity contribution in [3.63, 3.8) is 0 Å². The molecule has 2 aromatic carbocycles. The Labute approximate surface area is 127 Å². The second kappa shape index (κ2) is 6.48. The largest absolute Gasteiger partial charge is 0.489 e. The molecule has 0 heterocycles. The highest BCUT2D eigenvalue weighted by Crippen LogP contribution is 2.35. The minimum Gasteiger partial charge on any atom is -0.489 e. The standard InChI is InChI=1S/C19H25NO/c1-14(20)17-13-12-15-8-6-7-11-18(15)19(17)21-16-9-4-2-3-5-10-16/h6-8,11-14,16H,2-5,9-10,20H2,1H3. The lowest BCUT2D eigenvalue weighted by Crippen LogP contribution is -2.18. The molecule has 2 heteroatoms. The lowest BCUT2D eigenvalue weighted by molar-refractivity contribution is 0.184. The molecule has 0 spiro atoms. The van der Waals surface area contributed by atoms with Crippen LogP contribution >= 0.6 is 0 Å². The highest BCUT2D eigenvalue weighted by molar-refractivity contribution is 5.89. The maximum absolute atomic E-state index is 6.46. The van der Waals surface area contributed by atoms with Crippen LogP contribution in [0.5, 0.6) is 5.75 Å². The average molecular weight is 283 g/mol. The van der Waals surface area contributed by atoms with Crippen LogP contribution in [0.15, 0.2) is 36.4 Å². The first kappa shape index (κ1) is 14.4. The van der Waals surface area contributed by atoms with E-state index in [1.54, 1.807) is 0 Å². The molecule has 2 N–H and O–H groups in total. The minimum absolute atomic E-state index is 0.00427. The van der Waals surface area contributed by atoms with E-state index in [0.29, 0.717) is 6.10 Å². The van der Waals surface area contributed by atoms with Gasteiger partial charge in [0.25, 0.3) is 0 Å². The second-order valence-electron chi connectivity index (χ2n) is 6.23. The van der Waals surface area contributed by atoms with Crippen LogP contribution in [-0.2, 0) is 0 Å². The summed E-state index contributed by atoms with van der Waals surface area (Å²) in [6.45, 7) is 2.03. The van der Waals surface area contributed by atoms with Gasteiger partial charge in [-0.25, -0.2) is 0 Å². The minimum atomic E-state index is -0.00427. The summed E-state index contributed by atoms with van der Waals surface area (Å²) in [6.07, 6.45) is 7.93. The van der Waals surface area contributed by atoms with Crippen LogP contribution in [0, 0.1) is 0 Å². The molecule has 0 aliphatic heterocycles. The zero-order chi connectivity index (χ0) is 14.7. The van der Waals surface area contributed by atoms with E-state index in [-0.39, 0.29) is 6.04 Å². The molecule has 0 radical (unpaired) electrons. The number of ether oxygens (including phenoxy) is 1. The molecular weight excluding hydrogens is 258 g/mol. The Morgan fingerprint density at radius 2 is 1.71 bits per heavy atom. The molecule has 1 atom stereocenters. The van der Waals surface area contributed by atoms with Crippen LogP contribution in [0.3, 0.4) is 0 Å². The SMILES string of the molecule is CC(N)c1ccc2ccccc2c1OC1CCCCCC1.